The van der Waals surface area contributed by atoms with E-state index in [4.69, 9.17) is 16.6 Å². The van der Waals surface area contributed by atoms with Crippen molar-refractivity contribution in [3.8, 4) is 11.1 Å². The zero-order valence-corrected chi connectivity index (χ0v) is 30.6. The molecule has 13 heteroatoms. The first-order valence-corrected chi connectivity index (χ1v) is 18.0. The molecule has 0 saturated heterocycles. The molecule has 4 aromatic rings. The minimum absolute atomic E-state index is 0.301. The Labute approximate surface area is 302 Å². The van der Waals surface area contributed by atoms with Crippen molar-refractivity contribution in [2.24, 2.45) is 19.5 Å². The van der Waals surface area contributed by atoms with Gasteiger partial charge >= 0.3 is 5.97 Å². The molecule has 3 aliphatic rings. The van der Waals surface area contributed by atoms with E-state index < -0.39 is 11.4 Å². The van der Waals surface area contributed by atoms with Crippen molar-refractivity contribution in [1.29, 1.82) is 0 Å². The SMILES string of the molecule is Cc1c(NC(=O)c2nc3c(n2C)CCN(C2CCC(C)(C(=O)O)CC2)C3)cccc1-c1cccc(NC(=O)c2nc3c(n2C)CCN(C)C3)c1Cl. The van der Waals surface area contributed by atoms with Gasteiger partial charge < -0.3 is 29.8 Å². The molecule has 1 fully saturated rings. The summed E-state index contributed by atoms with van der Waals surface area (Å²) in [6.45, 7) is 6.90. The average molecular weight is 713 g/mol. The second-order valence-corrected chi connectivity index (χ2v) is 15.0. The summed E-state index contributed by atoms with van der Waals surface area (Å²) in [5.74, 6) is -0.648. The number of benzene rings is 2. The van der Waals surface area contributed by atoms with Gasteiger partial charge in [-0.1, -0.05) is 35.9 Å². The smallest absolute Gasteiger partial charge is 0.309 e. The van der Waals surface area contributed by atoms with Gasteiger partial charge in [0.25, 0.3) is 11.8 Å². The quantitative estimate of drug-likeness (QED) is 0.223. The lowest BCUT2D eigenvalue weighted by Crippen LogP contribution is -2.44. The molecule has 0 spiro atoms. The van der Waals surface area contributed by atoms with Crippen LogP contribution in [0.15, 0.2) is 36.4 Å². The number of fused-ring (bicyclic) bond motifs is 2. The minimum Gasteiger partial charge on any atom is -0.481 e. The van der Waals surface area contributed by atoms with E-state index in [-0.39, 0.29) is 11.8 Å². The molecule has 2 aliphatic heterocycles. The van der Waals surface area contributed by atoms with Crippen LogP contribution >= 0.6 is 11.6 Å². The number of nitrogens with one attached hydrogen (secondary N) is 2. The number of anilines is 2. The standard InChI is InChI=1S/C38H45ClN8O4/c1-22-24(25-9-7-11-27(32(25)39)43-36(49)34-40-28-20-44(3)18-14-30(28)45(34)4)8-6-10-26(22)42-35(48)33-41-29-21-47(19-15-31(29)46(33)5)23-12-16-38(2,17-13-23)37(50)51/h6-11,23H,12-21H2,1-5H3,(H,42,48)(H,43,49)(H,50,51). The van der Waals surface area contributed by atoms with Gasteiger partial charge in [0.2, 0.25) is 0 Å². The highest BCUT2D eigenvalue weighted by Gasteiger charge is 2.40. The molecule has 51 heavy (non-hydrogen) atoms. The van der Waals surface area contributed by atoms with E-state index >= 15 is 0 Å². The van der Waals surface area contributed by atoms with Gasteiger partial charge in [0.1, 0.15) is 0 Å². The van der Waals surface area contributed by atoms with Crippen molar-refractivity contribution in [3.05, 3.63) is 81.4 Å². The van der Waals surface area contributed by atoms with Crippen LogP contribution in [0.1, 0.15) is 82.2 Å². The average Bonchev–Trinajstić information content (AvgIpc) is 3.62. The van der Waals surface area contributed by atoms with E-state index in [0.29, 0.717) is 60.0 Å². The van der Waals surface area contributed by atoms with Crippen molar-refractivity contribution in [2.75, 3.05) is 30.8 Å². The second kappa shape index (κ2) is 13.6. The molecule has 0 bridgehead atoms. The largest absolute Gasteiger partial charge is 0.481 e. The minimum atomic E-state index is -0.712. The molecule has 1 saturated carbocycles. The Hall–Kier alpha value is -4.52. The molecule has 268 valence electrons. The van der Waals surface area contributed by atoms with E-state index in [2.05, 4.69) is 25.4 Å². The molecule has 12 nitrogen and oxygen atoms in total. The maximum Gasteiger partial charge on any atom is 0.309 e. The molecule has 0 atom stereocenters. The number of aliphatic carboxylic acids is 1. The van der Waals surface area contributed by atoms with Crippen LogP contribution in [0.25, 0.3) is 11.1 Å². The van der Waals surface area contributed by atoms with Crippen LogP contribution in [0.5, 0.6) is 0 Å². The highest BCUT2D eigenvalue weighted by molar-refractivity contribution is 6.36. The number of carboxylic acid groups (broad SMARTS) is 1. The van der Waals surface area contributed by atoms with Crippen molar-refractivity contribution in [2.45, 2.75) is 71.5 Å². The van der Waals surface area contributed by atoms with Crippen molar-refractivity contribution in [1.82, 2.24) is 28.9 Å². The van der Waals surface area contributed by atoms with Gasteiger partial charge in [-0.2, -0.15) is 0 Å². The van der Waals surface area contributed by atoms with Crippen molar-refractivity contribution < 1.29 is 19.5 Å². The lowest BCUT2D eigenvalue weighted by Gasteiger charge is -2.41. The van der Waals surface area contributed by atoms with E-state index in [1.54, 1.807) is 6.07 Å². The van der Waals surface area contributed by atoms with Crippen molar-refractivity contribution in [3.63, 3.8) is 0 Å². The number of carbonyl (C=O) groups is 3. The molecule has 4 heterocycles. The van der Waals surface area contributed by atoms with E-state index in [1.807, 2.05) is 74.5 Å². The van der Waals surface area contributed by atoms with E-state index in [1.165, 1.54) is 0 Å². The fourth-order valence-corrected chi connectivity index (χ4v) is 8.27. The Kier molecular flexibility index (Phi) is 9.28. The summed E-state index contributed by atoms with van der Waals surface area (Å²) in [5.41, 5.74) is 6.79. The number of likely N-dealkylation sites (N-methyl/N-ethyl adjacent to an activating group) is 1. The second-order valence-electron chi connectivity index (χ2n) is 14.6. The third kappa shape index (κ3) is 6.45. The molecule has 1 aliphatic carbocycles. The topological polar surface area (TPSA) is 138 Å². The molecule has 0 radical (unpaired) electrons. The highest BCUT2D eigenvalue weighted by Crippen LogP contribution is 2.40. The molecular weight excluding hydrogens is 668 g/mol. The van der Waals surface area contributed by atoms with Gasteiger partial charge in [-0.25, -0.2) is 9.97 Å². The van der Waals surface area contributed by atoms with Crippen LogP contribution in [0.2, 0.25) is 5.02 Å². The third-order valence-electron chi connectivity index (χ3n) is 11.3. The van der Waals surface area contributed by atoms with Crippen LogP contribution in [0.3, 0.4) is 0 Å². The van der Waals surface area contributed by atoms with E-state index in [0.717, 1.165) is 78.2 Å². The lowest BCUT2D eigenvalue weighted by molar-refractivity contribution is -0.150. The van der Waals surface area contributed by atoms with Crippen molar-refractivity contribution >= 4 is 40.8 Å². The Morgan fingerprint density at radius 3 is 2.00 bits per heavy atom. The summed E-state index contributed by atoms with van der Waals surface area (Å²) in [4.78, 5) is 52.9. The van der Waals surface area contributed by atoms with E-state index in [9.17, 15) is 19.5 Å². The summed E-state index contributed by atoms with van der Waals surface area (Å²) in [6, 6.07) is 11.5. The van der Waals surface area contributed by atoms with Gasteiger partial charge in [-0.3, -0.25) is 19.3 Å². The molecule has 3 N–H and O–H groups in total. The maximum atomic E-state index is 13.7. The summed E-state index contributed by atoms with van der Waals surface area (Å²) >= 11 is 6.96. The van der Waals surface area contributed by atoms with Crippen LogP contribution in [0.4, 0.5) is 11.4 Å². The summed E-state index contributed by atoms with van der Waals surface area (Å²) in [7, 11) is 5.80. The Morgan fingerprint density at radius 1 is 0.824 bits per heavy atom. The predicted molar refractivity (Wildman–Crippen MR) is 196 cm³/mol. The maximum absolute atomic E-state index is 13.7. The van der Waals surface area contributed by atoms with Crippen LogP contribution in [-0.2, 0) is 44.8 Å². The molecular formula is C38H45ClN8O4. The Bertz CT molecular complexity index is 2040. The monoisotopic (exact) mass is 712 g/mol. The number of imidazole rings is 2. The van der Waals surface area contributed by atoms with Gasteiger partial charge in [0.15, 0.2) is 11.6 Å². The van der Waals surface area contributed by atoms with Gasteiger partial charge in [-0.15, -0.1) is 0 Å². The number of amides is 2. The number of hydrogen-bond donors (Lipinski definition) is 3. The fourth-order valence-electron chi connectivity index (χ4n) is 8.00. The first-order chi connectivity index (χ1) is 24.3. The number of carboxylic acids is 1. The lowest BCUT2D eigenvalue weighted by atomic mass is 9.73. The number of carbonyl (C=O) groups excluding carboxylic acids is 2. The molecule has 0 unspecified atom stereocenters. The first-order valence-electron chi connectivity index (χ1n) is 17.6. The predicted octanol–water partition coefficient (Wildman–Crippen LogP) is 5.67. The third-order valence-corrected chi connectivity index (χ3v) is 11.8. The molecule has 2 amide bonds. The van der Waals surface area contributed by atoms with Crippen LogP contribution in [0, 0.1) is 12.3 Å². The zero-order valence-electron chi connectivity index (χ0n) is 29.8. The highest BCUT2D eigenvalue weighted by atomic mass is 35.5. The number of aromatic nitrogens is 4. The Balaban J connectivity index is 1.06. The number of nitrogens with zero attached hydrogens (tertiary/aromatic N) is 6. The molecule has 7 rings (SSSR count). The summed E-state index contributed by atoms with van der Waals surface area (Å²) in [6.07, 6.45) is 4.63. The van der Waals surface area contributed by atoms with Gasteiger partial charge in [-0.05, 0) is 69.8 Å². The summed E-state index contributed by atoms with van der Waals surface area (Å²) < 4.78 is 3.76. The number of halogens is 1. The van der Waals surface area contributed by atoms with Crippen LogP contribution < -0.4 is 10.6 Å². The zero-order chi connectivity index (χ0) is 36.2. The number of hydrogen-bond acceptors (Lipinski definition) is 7. The van der Waals surface area contributed by atoms with Gasteiger partial charge in [0.05, 0.1) is 27.5 Å². The van der Waals surface area contributed by atoms with Gasteiger partial charge in [0, 0.05) is 81.8 Å². The van der Waals surface area contributed by atoms with Crippen LogP contribution in [-0.4, -0.2) is 78.0 Å². The molecule has 2 aromatic heterocycles. The molecule has 2 aromatic carbocycles. The number of rotatable bonds is 7. The Morgan fingerprint density at radius 2 is 1.37 bits per heavy atom. The fraction of sp³-hybridized carbons (Fsp3) is 0.447. The summed E-state index contributed by atoms with van der Waals surface area (Å²) in [5, 5.41) is 16.1. The first kappa shape index (κ1) is 34.9. The normalized spacial score (nSPS) is 20.8.